The molecule has 2 heterocycles. The van der Waals surface area contributed by atoms with E-state index in [0.717, 1.165) is 31.1 Å². The summed E-state index contributed by atoms with van der Waals surface area (Å²) in [6.45, 7) is 2.77. The monoisotopic (exact) mass is 257 g/mol. The van der Waals surface area contributed by atoms with Crippen molar-refractivity contribution in [1.29, 1.82) is 0 Å². The van der Waals surface area contributed by atoms with Gasteiger partial charge in [0.1, 0.15) is 0 Å². The first-order chi connectivity index (χ1) is 7.59. The lowest BCUT2D eigenvalue weighted by Gasteiger charge is -2.40. The number of carboxylic acids is 1. The topological polar surface area (TPSA) is 40.5 Å². The highest BCUT2D eigenvalue weighted by atomic mass is 35.5. The third-order valence-electron chi connectivity index (χ3n) is 3.57. The molecule has 0 bridgehead atoms. The molecule has 1 spiro atoms. The molecule has 1 N–H and O–H groups in total. The highest BCUT2D eigenvalue weighted by Gasteiger charge is 2.64. The molecule has 0 radical (unpaired) electrons. The Balaban J connectivity index is 1.53. The second-order valence-electron chi connectivity index (χ2n) is 4.83. The van der Waals surface area contributed by atoms with E-state index >= 15 is 0 Å². The van der Waals surface area contributed by atoms with E-state index in [4.69, 9.17) is 16.7 Å². The van der Waals surface area contributed by atoms with E-state index in [9.17, 15) is 4.79 Å². The van der Waals surface area contributed by atoms with Crippen molar-refractivity contribution in [3.05, 3.63) is 21.3 Å². The molecule has 16 heavy (non-hydrogen) atoms. The van der Waals surface area contributed by atoms with Gasteiger partial charge in [-0.2, -0.15) is 0 Å². The maximum Gasteiger partial charge on any atom is 0.307 e. The third kappa shape index (κ3) is 1.65. The van der Waals surface area contributed by atoms with E-state index in [1.807, 2.05) is 11.4 Å². The van der Waals surface area contributed by atoms with Gasteiger partial charge in [0.15, 0.2) is 0 Å². The lowest BCUT2D eigenvalue weighted by Crippen LogP contribution is -2.49. The second-order valence-corrected chi connectivity index (χ2v) is 6.27. The molecule has 1 atom stereocenters. The number of carbonyl (C=O) groups is 1. The Bertz CT molecular complexity index is 439. The first-order valence-electron chi connectivity index (χ1n) is 5.27. The van der Waals surface area contributed by atoms with Crippen LogP contribution >= 0.6 is 22.9 Å². The van der Waals surface area contributed by atoms with Gasteiger partial charge in [0.2, 0.25) is 0 Å². The summed E-state index contributed by atoms with van der Waals surface area (Å²) in [4.78, 5) is 14.4. The summed E-state index contributed by atoms with van der Waals surface area (Å²) in [7, 11) is 0. The number of rotatable bonds is 3. The van der Waals surface area contributed by atoms with Crippen molar-refractivity contribution in [1.82, 2.24) is 4.90 Å². The highest BCUT2D eigenvalue weighted by Crippen LogP contribution is 2.58. The first kappa shape index (κ1) is 10.6. The number of carboxylic acid groups (broad SMARTS) is 1. The molecule has 2 aliphatic rings. The Morgan fingerprint density at radius 3 is 2.94 bits per heavy atom. The largest absolute Gasteiger partial charge is 0.481 e. The van der Waals surface area contributed by atoms with Crippen LogP contribution in [-0.4, -0.2) is 29.1 Å². The van der Waals surface area contributed by atoms with Crippen LogP contribution in [0.4, 0.5) is 0 Å². The highest BCUT2D eigenvalue weighted by molar-refractivity contribution is 7.10. The van der Waals surface area contributed by atoms with E-state index in [0.29, 0.717) is 0 Å². The van der Waals surface area contributed by atoms with Gasteiger partial charge < -0.3 is 5.11 Å². The fourth-order valence-electron chi connectivity index (χ4n) is 2.66. The predicted molar refractivity (Wildman–Crippen MR) is 62.8 cm³/mol. The number of thiophene rings is 1. The van der Waals surface area contributed by atoms with Crippen LogP contribution in [0.3, 0.4) is 0 Å². The zero-order valence-electron chi connectivity index (χ0n) is 8.65. The lowest BCUT2D eigenvalue weighted by molar-refractivity contribution is -0.140. The number of halogens is 1. The van der Waals surface area contributed by atoms with Crippen LogP contribution in [0.25, 0.3) is 0 Å². The van der Waals surface area contributed by atoms with Gasteiger partial charge in [0, 0.05) is 35.3 Å². The molecular weight excluding hydrogens is 246 g/mol. The van der Waals surface area contributed by atoms with Crippen LogP contribution in [0.5, 0.6) is 0 Å². The van der Waals surface area contributed by atoms with E-state index in [1.165, 1.54) is 4.88 Å². The van der Waals surface area contributed by atoms with Crippen LogP contribution < -0.4 is 0 Å². The normalized spacial score (nSPS) is 26.7. The Morgan fingerprint density at radius 1 is 1.69 bits per heavy atom. The molecule has 0 amide bonds. The van der Waals surface area contributed by atoms with Crippen molar-refractivity contribution in [2.24, 2.45) is 11.3 Å². The maximum atomic E-state index is 10.8. The van der Waals surface area contributed by atoms with Crippen molar-refractivity contribution in [2.75, 3.05) is 13.1 Å². The number of aliphatic carboxylic acids is 1. The fourth-order valence-corrected chi connectivity index (χ4v) is 3.77. The second kappa shape index (κ2) is 3.45. The molecule has 1 aromatic heterocycles. The van der Waals surface area contributed by atoms with E-state index < -0.39 is 5.97 Å². The molecule has 1 unspecified atom stereocenters. The summed E-state index contributed by atoms with van der Waals surface area (Å²) in [5.74, 6) is -0.713. The van der Waals surface area contributed by atoms with Gasteiger partial charge in [-0.15, -0.1) is 11.3 Å². The Hall–Kier alpha value is -0.580. The number of hydrogen-bond donors (Lipinski definition) is 1. The predicted octanol–water partition coefficient (Wildman–Crippen LogP) is 2.31. The molecule has 1 saturated heterocycles. The summed E-state index contributed by atoms with van der Waals surface area (Å²) in [6.07, 6.45) is 0.865. The zero-order chi connectivity index (χ0) is 11.3. The van der Waals surface area contributed by atoms with E-state index in [2.05, 4.69) is 4.90 Å². The van der Waals surface area contributed by atoms with Crippen LogP contribution in [0.2, 0.25) is 5.02 Å². The van der Waals surface area contributed by atoms with Crippen molar-refractivity contribution < 1.29 is 9.90 Å². The van der Waals surface area contributed by atoms with Gasteiger partial charge in [-0.05, 0) is 12.5 Å². The fraction of sp³-hybridized carbons (Fsp3) is 0.545. The van der Waals surface area contributed by atoms with Gasteiger partial charge in [0.05, 0.1) is 10.9 Å². The molecule has 86 valence electrons. The van der Waals surface area contributed by atoms with E-state index in [1.54, 1.807) is 11.3 Å². The standard InChI is InChI=1S/C11H12ClNO2S/c12-7-1-8(16-4-7)3-13-5-11(6-13)2-9(11)10(14)15/h1,4,9H,2-3,5-6H2,(H,14,15). The number of likely N-dealkylation sites (tertiary alicyclic amines) is 1. The molecule has 3 rings (SSSR count). The summed E-state index contributed by atoms with van der Waals surface area (Å²) in [6, 6.07) is 1.98. The Labute approximate surface area is 103 Å². The average Bonchev–Trinajstić information content (AvgIpc) is 2.77. The SMILES string of the molecule is O=C(O)C1CC12CN(Cc1cc(Cl)cs1)C2. The summed E-state index contributed by atoms with van der Waals surface area (Å²) >= 11 is 7.52. The molecule has 1 aliphatic carbocycles. The van der Waals surface area contributed by atoms with Crippen LogP contribution in [0, 0.1) is 11.3 Å². The van der Waals surface area contributed by atoms with Gasteiger partial charge in [-0.1, -0.05) is 11.6 Å². The Morgan fingerprint density at radius 2 is 2.44 bits per heavy atom. The van der Waals surface area contributed by atoms with Gasteiger partial charge in [-0.3, -0.25) is 9.69 Å². The average molecular weight is 258 g/mol. The molecule has 3 nitrogen and oxygen atoms in total. The lowest BCUT2D eigenvalue weighted by atomic mass is 9.93. The number of nitrogens with zero attached hydrogens (tertiary/aromatic N) is 1. The van der Waals surface area contributed by atoms with Crippen molar-refractivity contribution in [2.45, 2.75) is 13.0 Å². The Kier molecular flexibility index (Phi) is 2.28. The summed E-state index contributed by atoms with van der Waals surface area (Å²) in [5.41, 5.74) is 0.118. The molecule has 1 saturated carbocycles. The van der Waals surface area contributed by atoms with Crippen LogP contribution in [0.1, 0.15) is 11.3 Å². The molecule has 1 aromatic rings. The van der Waals surface area contributed by atoms with Gasteiger partial charge in [-0.25, -0.2) is 0 Å². The molecular formula is C11H12ClNO2S. The van der Waals surface area contributed by atoms with Gasteiger partial charge in [0.25, 0.3) is 0 Å². The van der Waals surface area contributed by atoms with Crippen molar-refractivity contribution in [3.63, 3.8) is 0 Å². The van der Waals surface area contributed by atoms with Crippen LogP contribution in [-0.2, 0) is 11.3 Å². The zero-order valence-corrected chi connectivity index (χ0v) is 10.2. The molecule has 2 fully saturated rings. The minimum absolute atomic E-state index is 0.0873. The smallest absolute Gasteiger partial charge is 0.307 e. The maximum absolute atomic E-state index is 10.8. The molecule has 1 aliphatic heterocycles. The minimum atomic E-state index is -0.626. The quantitative estimate of drug-likeness (QED) is 0.903. The minimum Gasteiger partial charge on any atom is -0.481 e. The summed E-state index contributed by atoms with van der Waals surface area (Å²) in [5, 5.41) is 11.6. The summed E-state index contributed by atoms with van der Waals surface area (Å²) < 4.78 is 0. The van der Waals surface area contributed by atoms with Crippen molar-refractivity contribution in [3.8, 4) is 0 Å². The molecule has 5 heteroatoms. The van der Waals surface area contributed by atoms with Gasteiger partial charge >= 0.3 is 5.97 Å². The molecule has 0 aromatic carbocycles. The van der Waals surface area contributed by atoms with E-state index in [-0.39, 0.29) is 11.3 Å². The third-order valence-corrected chi connectivity index (χ3v) is 4.84. The number of hydrogen-bond acceptors (Lipinski definition) is 3. The first-order valence-corrected chi connectivity index (χ1v) is 6.53. The van der Waals surface area contributed by atoms with Crippen LogP contribution in [0.15, 0.2) is 11.4 Å². The van der Waals surface area contributed by atoms with Crippen molar-refractivity contribution >= 4 is 28.9 Å².